The summed E-state index contributed by atoms with van der Waals surface area (Å²) in [5.74, 6) is -0.162. The van der Waals surface area contributed by atoms with Crippen LogP contribution in [0.25, 0.3) is 0 Å². The van der Waals surface area contributed by atoms with Crippen molar-refractivity contribution in [2.75, 3.05) is 19.7 Å². The minimum Gasteiger partial charge on any atom is -0.465 e. The van der Waals surface area contributed by atoms with Crippen molar-refractivity contribution >= 4 is 5.97 Å². The number of hydrogen-bond donors (Lipinski definition) is 0. The van der Waals surface area contributed by atoms with Gasteiger partial charge in [0.25, 0.3) is 0 Å². The Kier molecular flexibility index (Phi) is 5.59. The summed E-state index contributed by atoms with van der Waals surface area (Å²) < 4.78 is 7.09. The first-order valence-electron chi connectivity index (χ1n) is 7.65. The maximum Gasteiger partial charge on any atom is 0.320 e. The average Bonchev–Trinajstić information content (AvgIpc) is 3.08. The third kappa shape index (κ3) is 4.07. The van der Waals surface area contributed by atoms with E-state index in [1.54, 1.807) is 0 Å². The summed E-state index contributed by atoms with van der Waals surface area (Å²) in [7, 11) is 0. The van der Waals surface area contributed by atoms with Crippen LogP contribution in [-0.2, 0) is 16.1 Å². The van der Waals surface area contributed by atoms with Gasteiger partial charge in [0.1, 0.15) is 0 Å². The van der Waals surface area contributed by atoms with Crippen LogP contribution in [0.15, 0.2) is 12.3 Å². The second kappa shape index (κ2) is 7.43. The minimum absolute atomic E-state index is 0.162. The number of rotatable bonds is 7. The van der Waals surface area contributed by atoms with Crippen molar-refractivity contribution in [1.29, 1.82) is 0 Å². The number of hydrogen-bond acceptors (Lipinski definition) is 4. The fraction of sp³-hybridized carbons (Fsp3) is 0.733. The molecule has 1 aromatic heterocycles. The van der Waals surface area contributed by atoms with Crippen molar-refractivity contribution < 1.29 is 9.53 Å². The van der Waals surface area contributed by atoms with E-state index < -0.39 is 0 Å². The SMILES string of the molecule is CCOC(=O)CN(CC)Cc1ccn(C2CCCC2)n1. The molecule has 0 bridgehead atoms. The Balaban J connectivity index is 1.88. The van der Waals surface area contributed by atoms with Gasteiger partial charge in [0.2, 0.25) is 0 Å². The van der Waals surface area contributed by atoms with E-state index in [0.717, 1.165) is 12.2 Å². The number of carbonyl (C=O) groups excluding carboxylic acids is 1. The number of likely N-dealkylation sites (N-methyl/N-ethyl adjacent to an activating group) is 1. The molecule has 0 radical (unpaired) electrons. The van der Waals surface area contributed by atoms with Crippen LogP contribution in [0.1, 0.15) is 51.3 Å². The molecule has 0 unspecified atom stereocenters. The molecule has 0 aromatic carbocycles. The van der Waals surface area contributed by atoms with Gasteiger partial charge in [-0.25, -0.2) is 0 Å². The fourth-order valence-corrected chi connectivity index (χ4v) is 2.73. The summed E-state index contributed by atoms with van der Waals surface area (Å²) >= 11 is 0. The molecule has 5 heteroatoms. The monoisotopic (exact) mass is 279 g/mol. The first kappa shape index (κ1) is 15.0. The van der Waals surface area contributed by atoms with Crippen LogP contribution in [0, 0.1) is 0 Å². The zero-order chi connectivity index (χ0) is 14.4. The van der Waals surface area contributed by atoms with Gasteiger partial charge in [0.15, 0.2) is 0 Å². The second-order valence-electron chi connectivity index (χ2n) is 5.33. The first-order chi connectivity index (χ1) is 9.72. The maximum absolute atomic E-state index is 11.5. The number of esters is 1. The second-order valence-corrected chi connectivity index (χ2v) is 5.33. The predicted octanol–water partition coefficient (Wildman–Crippen LogP) is 2.38. The van der Waals surface area contributed by atoms with Gasteiger partial charge in [-0.3, -0.25) is 14.4 Å². The number of ether oxygens (including phenoxy) is 1. The van der Waals surface area contributed by atoms with Gasteiger partial charge in [-0.15, -0.1) is 0 Å². The molecule has 112 valence electrons. The predicted molar refractivity (Wildman–Crippen MR) is 77.3 cm³/mol. The third-order valence-electron chi connectivity index (χ3n) is 3.85. The van der Waals surface area contributed by atoms with E-state index in [2.05, 4.69) is 26.9 Å². The van der Waals surface area contributed by atoms with Crippen molar-refractivity contribution in [2.24, 2.45) is 0 Å². The van der Waals surface area contributed by atoms with Gasteiger partial charge >= 0.3 is 5.97 Å². The highest BCUT2D eigenvalue weighted by atomic mass is 16.5. The normalized spacial score (nSPS) is 15.9. The molecular weight excluding hydrogens is 254 g/mol. The molecule has 5 nitrogen and oxygen atoms in total. The molecule has 1 saturated carbocycles. The highest BCUT2D eigenvalue weighted by Gasteiger charge is 2.18. The van der Waals surface area contributed by atoms with E-state index in [1.165, 1.54) is 25.7 Å². The number of nitrogens with zero attached hydrogens (tertiary/aromatic N) is 3. The lowest BCUT2D eigenvalue weighted by molar-refractivity contribution is -0.144. The zero-order valence-corrected chi connectivity index (χ0v) is 12.5. The molecule has 0 atom stereocenters. The Morgan fingerprint density at radius 2 is 2.20 bits per heavy atom. The Hall–Kier alpha value is -1.36. The van der Waals surface area contributed by atoms with E-state index in [-0.39, 0.29) is 5.97 Å². The molecule has 0 saturated heterocycles. The van der Waals surface area contributed by atoms with E-state index in [9.17, 15) is 4.79 Å². The Morgan fingerprint density at radius 1 is 1.45 bits per heavy atom. The van der Waals surface area contributed by atoms with Crippen LogP contribution in [0.4, 0.5) is 0 Å². The average molecular weight is 279 g/mol. The fourth-order valence-electron chi connectivity index (χ4n) is 2.73. The van der Waals surface area contributed by atoms with Crippen LogP contribution in [0.5, 0.6) is 0 Å². The quantitative estimate of drug-likeness (QED) is 0.719. The molecule has 2 rings (SSSR count). The Labute approximate surface area is 120 Å². The summed E-state index contributed by atoms with van der Waals surface area (Å²) in [6.45, 7) is 6.17. The van der Waals surface area contributed by atoms with Crippen LogP contribution in [0.2, 0.25) is 0 Å². The van der Waals surface area contributed by atoms with Gasteiger partial charge in [-0.05, 0) is 32.4 Å². The molecule has 1 aromatic rings. The Bertz CT molecular complexity index is 425. The minimum atomic E-state index is -0.162. The molecule has 0 N–H and O–H groups in total. The topological polar surface area (TPSA) is 47.4 Å². The van der Waals surface area contributed by atoms with Gasteiger partial charge in [-0.1, -0.05) is 19.8 Å². The number of carbonyl (C=O) groups is 1. The van der Waals surface area contributed by atoms with E-state index >= 15 is 0 Å². The zero-order valence-electron chi connectivity index (χ0n) is 12.5. The maximum atomic E-state index is 11.5. The molecule has 1 fully saturated rings. The standard InChI is InChI=1S/C15H25N3O2/c1-3-17(12-15(19)20-4-2)11-13-9-10-18(16-13)14-7-5-6-8-14/h9-10,14H,3-8,11-12H2,1-2H3. The Morgan fingerprint density at radius 3 is 2.85 bits per heavy atom. The first-order valence-corrected chi connectivity index (χ1v) is 7.65. The van der Waals surface area contributed by atoms with Crippen molar-refractivity contribution in [3.8, 4) is 0 Å². The van der Waals surface area contributed by atoms with Crippen LogP contribution >= 0.6 is 0 Å². The van der Waals surface area contributed by atoms with E-state index in [0.29, 0.717) is 25.7 Å². The van der Waals surface area contributed by atoms with E-state index in [4.69, 9.17) is 4.74 Å². The molecule has 1 aliphatic carbocycles. The summed E-state index contributed by atoms with van der Waals surface area (Å²) in [6, 6.07) is 2.63. The molecule has 0 aliphatic heterocycles. The molecule has 0 amide bonds. The summed E-state index contributed by atoms with van der Waals surface area (Å²) in [6.07, 6.45) is 7.17. The molecular formula is C15H25N3O2. The summed E-state index contributed by atoms with van der Waals surface area (Å²) in [5, 5.41) is 4.66. The molecule has 0 spiro atoms. The van der Waals surface area contributed by atoms with Crippen LogP contribution in [0.3, 0.4) is 0 Å². The summed E-state index contributed by atoms with van der Waals surface area (Å²) in [5.41, 5.74) is 1.03. The van der Waals surface area contributed by atoms with Gasteiger partial charge in [-0.2, -0.15) is 5.10 Å². The number of aromatic nitrogens is 2. The lowest BCUT2D eigenvalue weighted by Crippen LogP contribution is -2.30. The van der Waals surface area contributed by atoms with Gasteiger partial charge in [0, 0.05) is 12.7 Å². The molecule has 1 aliphatic rings. The highest BCUT2D eigenvalue weighted by molar-refractivity contribution is 5.71. The van der Waals surface area contributed by atoms with Crippen LogP contribution in [-0.4, -0.2) is 40.3 Å². The van der Waals surface area contributed by atoms with E-state index in [1.807, 2.05) is 13.8 Å². The third-order valence-corrected chi connectivity index (χ3v) is 3.85. The van der Waals surface area contributed by atoms with Crippen molar-refractivity contribution in [2.45, 2.75) is 52.1 Å². The van der Waals surface area contributed by atoms with Gasteiger partial charge in [0.05, 0.1) is 24.9 Å². The van der Waals surface area contributed by atoms with Crippen molar-refractivity contribution in [1.82, 2.24) is 14.7 Å². The van der Waals surface area contributed by atoms with Crippen molar-refractivity contribution in [3.63, 3.8) is 0 Å². The van der Waals surface area contributed by atoms with Crippen molar-refractivity contribution in [3.05, 3.63) is 18.0 Å². The summed E-state index contributed by atoms with van der Waals surface area (Å²) in [4.78, 5) is 13.6. The van der Waals surface area contributed by atoms with Crippen LogP contribution < -0.4 is 0 Å². The highest BCUT2D eigenvalue weighted by Crippen LogP contribution is 2.28. The lowest BCUT2D eigenvalue weighted by atomic mass is 10.3. The smallest absolute Gasteiger partial charge is 0.320 e. The largest absolute Gasteiger partial charge is 0.465 e. The molecule has 1 heterocycles. The van der Waals surface area contributed by atoms with Gasteiger partial charge < -0.3 is 4.74 Å². The lowest BCUT2D eigenvalue weighted by Gasteiger charge is -2.18. The molecule has 20 heavy (non-hydrogen) atoms.